The first kappa shape index (κ1) is 10.9. The zero-order valence-corrected chi connectivity index (χ0v) is 8.81. The molecule has 1 aliphatic rings. The van der Waals surface area contributed by atoms with Gasteiger partial charge in [-0.05, 0) is 19.3 Å². The van der Waals surface area contributed by atoms with Crippen LogP contribution < -0.4 is 11.5 Å². The number of sulfone groups is 1. The van der Waals surface area contributed by atoms with Crippen LogP contribution in [0, 0.1) is 0 Å². The van der Waals surface area contributed by atoms with Crippen molar-refractivity contribution in [3.05, 3.63) is 0 Å². The van der Waals surface area contributed by atoms with Crippen molar-refractivity contribution in [3.8, 4) is 0 Å². The highest BCUT2D eigenvalue weighted by molar-refractivity contribution is 7.92. The SMILES string of the molecule is CCS(=O)(=O)[C@@H]1CC[C@@](N)(CN)C1. The highest BCUT2D eigenvalue weighted by atomic mass is 32.2. The molecule has 0 heterocycles. The summed E-state index contributed by atoms with van der Waals surface area (Å²) < 4.78 is 23.0. The lowest BCUT2D eigenvalue weighted by molar-refractivity contribution is 0.450. The van der Waals surface area contributed by atoms with Crippen molar-refractivity contribution < 1.29 is 8.42 Å². The van der Waals surface area contributed by atoms with Crippen LogP contribution in [0.3, 0.4) is 0 Å². The molecule has 0 spiro atoms. The second-order valence-electron chi connectivity index (χ2n) is 3.88. The standard InChI is InChI=1S/C8H18N2O2S/c1-2-13(11,12)7-3-4-8(10,5-7)6-9/h7H,2-6,9-10H2,1H3/t7-,8+/m1/s1. The largest absolute Gasteiger partial charge is 0.329 e. The molecule has 0 radical (unpaired) electrons. The summed E-state index contributed by atoms with van der Waals surface area (Å²) in [6, 6.07) is 0. The third-order valence-electron chi connectivity index (χ3n) is 2.92. The molecule has 0 aromatic heterocycles. The number of nitrogens with two attached hydrogens (primary N) is 2. The smallest absolute Gasteiger partial charge is 0.152 e. The number of hydrogen-bond donors (Lipinski definition) is 2. The molecule has 0 saturated heterocycles. The van der Waals surface area contributed by atoms with Gasteiger partial charge in [0.1, 0.15) is 0 Å². The Hall–Kier alpha value is -0.130. The molecule has 0 aromatic rings. The molecule has 1 rings (SSSR count). The van der Waals surface area contributed by atoms with Gasteiger partial charge in [-0.3, -0.25) is 0 Å². The molecule has 0 unspecified atom stereocenters. The van der Waals surface area contributed by atoms with Gasteiger partial charge in [0.2, 0.25) is 0 Å². The van der Waals surface area contributed by atoms with Crippen LogP contribution in [-0.4, -0.2) is 31.5 Å². The van der Waals surface area contributed by atoms with E-state index in [-0.39, 0.29) is 11.0 Å². The Labute approximate surface area is 79.6 Å². The average molecular weight is 206 g/mol. The average Bonchev–Trinajstić information content (AvgIpc) is 2.50. The van der Waals surface area contributed by atoms with E-state index in [0.29, 0.717) is 19.4 Å². The molecule has 0 bridgehead atoms. The Morgan fingerprint density at radius 1 is 1.54 bits per heavy atom. The highest BCUT2D eigenvalue weighted by Gasteiger charge is 2.40. The third-order valence-corrected chi connectivity index (χ3v) is 5.14. The summed E-state index contributed by atoms with van der Waals surface area (Å²) in [5, 5.41) is -0.258. The Morgan fingerprint density at radius 3 is 2.54 bits per heavy atom. The lowest BCUT2D eigenvalue weighted by Crippen LogP contribution is -2.45. The summed E-state index contributed by atoms with van der Waals surface area (Å²) in [5.74, 6) is 0.207. The summed E-state index contributed by atoms with van der Waals surface area (Å²) in [7, 11) is -2.91. The van der Waals surface area contributed by atoms with Gasteiger partial charge in [-0.25, -0.2) is 8.42 Å². The fraction of sp³-hybridized carbons (Fsp3) is 1.00. The second-order valence-corrected chi connectivity index (χ2v) is 6.45. The van der Waals surface area contributed by atoms with Crippen molar-refractivity contribution in [3.63, 3.8) is 0 Å². The molecule has 13 heavy (non-hydrogen) atoms. The van der Waals surface area contributed by atoms with Gasteiger partial charge in [0.15, 0.2) is 9.84 Å². The molecule has 0 amide bonds. The molecule has 4 N–H and O–H groups in total. The molecule has 0 aromatic carbocycles. The molecular weight excluding hydrogens is 188 g/mol. The van der Waals surface area contributed by atoms with Gasteiger partial charge in [-0.2, -0.15) is 0 Å². The maximum atomic E-state index is 11.5. The Balaban J connectivity index is 2.71. The summed E-state index contributed by atoms with van der Waals surface area (Å²) in [6.45, 7) is 2.05. The first-order chi connectivity index (χ1) is 5.93. The first-order valence-electron chi connectivity index (χ1n) is 4.64. The van der Waals surface area contributed by atoms with Crippen molar-refractivity contribution >= 4 is 9.84 Å². The summed E-state index contributed by atoms with van der Waals surface area (Å²) in [5.41, 5.74) is 11.0. The zero-order valence-electron chi connectivity index (χ0n) is 7.99. The van der Waals surface area contributed by atoms with Crippen molar-refractivity contribution in [1.82, 2.24) is 0 Å². The molecule has 1 aliphatic carbocycles. The number of rotatable bonds is 3. The van der Waals surface area contributed by atoms with E-state index in [2.05, 4.69) is 0 Å². The van der Waals surface area contributed by atoms with E-state index < -0.39 is 15.4 Å². The molecular formula is C8H18N2O2S. The van der Waals surface area contributed by atoms with E-state index in [0.717, 1.165) is 6.42 Å². The van der Waals surface area contributed by atoms with Gasteiger partial charge >= 0.3 is 0 Å². The Bertz CT molecular complexity index is 276. The van der Waals surface area contributed by atoms with Crippen LogP contribution in [0.1, 0.15) is 26.2 Å². The highest BCUT2D eigenvalue weighted by Crippen LogP contribution is 2.31. The van der Waals surface area contributed by atoms with Crippen LogP contribution in [0.25, 0.3) is 0 Å². The Kier molecular flexibility index (Phi) is 2.99. The third kappa shape index (κ3) is 2.21. The van der Waals surface area contributed by atoms with Gasteiger partial charge < -0.3 is 11.5 Å². The summed E-state index contributed by atoms with van der Waals surface area (Å²) in [4.78, 5) is 0. The van der Waals surface area contributed by atoms with E-state index >= 15 is 0 Å². The normalized spacial score (nSPS) is 35.2. The van der Waals surface area contributed by atoms with Crippen LogP contribution in [0.15, 0.2) is 0 Å². The van der Waals surface area contributed by atoms with Gasteiger partial charge in [0.25, 0.3) is 0 Å². The second kappa shape index (κ2) is 3.55. The van der Waals surface area contributed by atoms with Crippen LogP contribution in [0.4, 0.5) is 0 Å². The van der Waals surface area contributed by atoms with Gasteiger partial charge in [0.05, 0.1) is 5.25 Å². The molecule has 1 fully saturated rings. The van der Waals surface area contributed by atoms with E-state index in [9.17, 15) is 8.42 Å². The summed E-state index contributed by atoms with van der Waals surface area (Å²) >= 11 is 0. The first-order valence-corrected chi connectivity index (χ1v) is 6.35. The van der Waals surface area contributed by atoms with E-state index in [1.54, 1.807) is 6.92 Å². The fourth-order valence-corrected chi connectivity index (χ4v) is 3.37. The fourth-order valence-electron chi connectivity index (χ4n) is 1.83. The van der Waals surface area contributed by atoms with Crippen molar-refractivity contribution in [1.29, 1.82) is 0 Å². The minimum absolute atomic E-state index is 0.207. The topological polar surface area (TPSA) is 86.2 Å². The molecule has 4 nitrogen and oxygen atoms in total. The summed E-state index contributed by atoms with van der Waals surface area (Å²) in [6.07, 6.45) is 1.93. The molecule has 2 atom stereocenters. The zero-order chi connectivity index (χ0) is 10.1. The lowest BCUT2D eigenvalue weighted by Gasteiger charge is -2.21. The minimum atomic E-state index is -2.91. The maximum Gasteiger partial charge on any atom is 0.152 e. The van der Waals surface area contributed by atoms with Crippen molar-refractivity contribution in [2.75, 3.05) is 12.3 Å². The van der Waals surface area contributed by atoms with Crippen LogP contribution in [-0.2, 0) is 9.84 Å². The molecule has 0 aliphatic heterocycles. The lowest BCUT2D eigenvalue weighted by atomic mass is 10.0. The van der Waals surface area contributed by atoms with E-state index in [1.165, 1.54) is 0 Å². The number of hydrogen-bond acceptors (Lipinski definition) is 4. The predicted molar refractivity (Wildman–Crippen MR) is 53.1 cm³/mol. The maximum absolute atomic E-state index is 11.5. The van der Waals surface area contributed by atoms with Crippen LogP contribution in [0.2, 0.25) is 0 Å². The van der Waals surface area contributed by atoms with Crippen LogP contribution in [0.5, 0.6) is 0 Å². The van der Waals surface area contributed by atoms with Crippen molar-refractivity contribution in [2.24, 2.45) is 11.5 Å². The molecule has 78 valence electrons. The van der Waals surface area contributed by atoms with Gasteiger partial charge in [-0.1, -0.05) is 6.92 Å². The predicted octanol–water partition coefficient (Wildman–Crippen LogP) is -0.370. The van der Waals surface area contributed by atoms with E-state index in [4.69, 9.17) is 11.5 Å². The van der Waals surface area contributed by atoms with Gasteiger partial charge in [-0.15, -0.1) is 0 Å². The van der Waals surface area contributed by atoms with Crippen LogP contribution >= 0.6 is 0 Å². The van der Waals surface area contributed by atoms with E-state index in [1.807, 2.05) is 0 Å². The Morgan fingerprint density at radius 2 is 2.15 bits per heavy atom. The monoisotopic (exact) mass is 206 g/mol. The van der Waals surface area contributed by atoms with Gasteiger partial charge in [0, 0.05) is 17.8 Å². The minimum Gasteiger partial charge on any atom is -0.329 e. The quantitative estimate of drug-likeness (QED) is 0.659. The van der Waals surface area contributed by atoms with Crippen molar-refractivity contribution in [2.45, 2.75) is 37.0 Å². The molecule has 1 saturated carbocycles. The molecule has 5 heteroatoms.